The minimum Gasteiger partial charge on any atom is -0.453 e. The Morgan fingerprint density at radius 1 is 1.00 bits per heavy atom. The summed E-state index contributed by atoms with van der Waals surface area (Å²) in [7, 11) is -4.48. The fraction of sp³-hybridized carbons (Fsp3) is 0.304. The SMILES string of the molecule is CCc1ccc2c(c1)N(CCC(CC)(c1ncccn1)S(=O)(=O)O)c1ccccc1O2. The summed E-state index contributed by atoms with van der Waals surface area (Å²) in [5, 5.41) is 0. The molecule has 2 heterocycles. The lowest BCUT2D eigenvalue weighted by Gasteiger charge is -2.36. The smallest absolute Gasteiger partial charge is 0.278 e. The molecule has 31 heavy (non-hydrogen) atoms. The third-order valence-corrected chi connectivity index (χ3v) is 7.54. The number of hydrogen-bond donors (Lipinski definition) is 1. The van der Waals surface area contributed by atoms with Crippen molar-refractivity contribution in [1.29, 1.82) is 0 Å². The predicted molar refractivity (Wildman–Crippen MR) is 120 cm³/mol. The summed E-state index contributed by atoms with van der Waals surface area (Å²) in [5.74, 6) is 1.51. The van der Waals surface area contributed by atoms with Gasteiger partial charge in [-0.1, -0.05) is 32.0 Å². The summed E-state index contributed by atoms with van der Waals surface area (Å²) < 4.78 is 39.9. The van der Waals surface area contributed by atoms with Crippen LogP contribution < -0.4 is 9.64 Å². The van der Waals surface area contributed by atoms with Crippen LogP contribution in [0, 0.1) is 0 Å². The first kappa shape index (κ1) is 21.3. The maximum Gasteiger partial charge on any atom is 0.278 e. The van der Waals surface area contributed by atoms with Crippen molar-refractivity contribution in [2.75, 3.05) is 11.4 Å². The van der Waals surface area contributed by atoms with Crippen LogP contribution in [0.4, 0.5) is 11.4 Å². The number of ether oxygens (including phenoxy) is 1. The molecule has 1 aromatic heterocycles. The van der Waals surface area contributed by atoms with Gasteiger partial charge < -0.3 is 9.64 Å². The quantitative estimate of drug-likeness (QED) is 0.525. The van der Waals surface area contributed by atoms with Crippen LogP contribution >= 0.6 is 0 Å². The van der Waals surface area contributed by atoms with Crippen LogP contribution in [0.5, 0.6) is 11.5 Å². The third-order valence-electron chi connectivity index (χ3n) is 5.88. The summed E-state index contributed by atoms with van der Waals surface area (Å²) in [6, 6.07) is 15.3. The van der Waals surface area contributed by atoms with Crippen LogP contribution in [0.25, 0.3) is 0 Å². The van der Waals surface area contributed by atoms with Crippen molar-refractivity contribution >= 4 is 21.5 Å². The number of aromatic nitrogens is 2. The van der Waals surface area contributed by atoms with Gasteiger partial charge in [-0.25, -0.2) is 9.97 Å². The predicted octanol–water partition coefficient (Wildman–Crippen LogP) is 4.87. The number of hydrogen-bond acceptors (Lipinski definition) is 6. The maximum absolute atomic E-state index is 12.6. The second-order valence-corrected chi connectivity index (χ2v) is 9.25. The highest BCUT2D eigenvalue weighted by Gasteiger charge is 2.46. The number of anilines is 2. The highest BCUT2D eigenvalue weighted by Crippen LogP contribution is 2.48. The fourth-order valence-electron chi connectivity index (χ4n) is 4.04. The summed E-state index contributed by atoms with van der Waals surface area (Å²) in [6.45, 7) is 4.13. The van der Waals surface area contributed by atoms with Crippen LogP contribution in [0.2, 0.25) is 0 Å². The van der Waals surface area contributed by atoms with E-state index in [1.165, 1.54) is 12.4 Å². The molecule has 0 saturated carbocycles. The summed E-state index contributed by atoms with van der Waals surface area (Å²) in [6.07, 6.45) is 4.10. The molecular weight excluding hydrogens is 414 g/mol. The highest BCUT2D eigenvalue weighted by atomic mass is 32.2. The molecule has 0 spiro atoms. The summed E-state index contributed by atoms with van der Waals surface area (Å²) in [5.41, 5.74) is 2.86. The number of nitrogens with zero attached hydrogens (tertiary/aromatic N) is 3. The molecular formula is C23H25N3O4S. The van der Waals surface area contributed by atoms with Gasteiger partial charge in [0.15, 0.2) is 22.1 Å². The van der Waals surface area contributed by atoms with Gasteiger partial charge in [-0.3, -0.25) is 4.55 Å². The molecule has 1 unspecified atom stereocenters. The monoisotopic (exact) mass is 439 g/mol. The van der Waals surface area contributed by atoms with Gasteiger partial charge in [0.25, 0.3) is 10.1 Å². The molecule has 1 aliphatic rings. The van der Waals surface area contributed by atoms with Crippen molar-refractivity contribution in [1.82, 2.24) is 9.97 Å². The molecule has 1 atom stereocenters. The Morgan fingerprint density at radius 2 is 1.71 bits per heavy atom. The second kappa shape index (κ2) is 8.28. The molecule has 162 valence electrons. The molecule has 4 rings (SSSR count). The van der Waals surface area contributed by atoms with Crippen LogP contribution in [-0.2, 0) is 21.3 Å². The minimum atomic E-state index is -4.48. The standard InChI is InChI=1S/C23H25N3O4S/c1-3-17-10-11-21-19(16-17)26(18-8-5-6-9-20(18)30-21)15-12-23(4-2,31(27,28)29)22-24-13-7-14-25-22/h5-11,13-14,16H,3-4,12,15H2,1-2H3,(H,27,28,29). The van der Waals surface area contributed by atoms with Gasteiger partial charge in [0.05, 0.1) is 11.4 Å². The first-order valence-electron chi connectivity index (χ1n) is 10.3. The van der Waals surface area contributed by atoms with E-state index in [9.17, 15) is 13.0 Å². The van der Waals surface area contributed by atoms with Gasteiger partial charge in [-0.2, -0.15) is 8.42 Å². The average Bonchev–Trinajstić information content (AvgIpc) is 2.78. The van der Waals surface area contributed by atoms with Gasteiger partial charge in [0.2, 0.25) is 0 Å². The molecule has 0 amide bonds. The van der Waals surface area contributed by atoms with Crippen molar-refractivity contribution in [2.45, 2.75) is 37.9 Å². The zero-order valence-corrected chi connectivity index (χ0v) is 18.3. The van der Waals surface area contributed by atoms with E-state index in [4.69, 9.17) is 4.74 Å². The van der Waals surface area contributed by atoms with Crippen molar-refractivity contribution < 1.29 is 17.7 Å². The van der Waals surface area contributed by atoms with Gasteiger partial charge in [0, 0.05) is 18.9 Å². The van der Waals surface area contributed by atoms with E-state index in [0.29, 0.717) is 18.0 Å². The molecule has 8 heteroatoms. The zero-order valence-electron chi connectivity index (χ0n) is 17.5. The van der Waals surface area contributed by atoms with E-state index in [0.717, 1.165) is 23.4 Å². The molecule has 0 bridgehead atoms. The lowest BCUT2D eigenvalue weighted by atomic mass is 9.98. The number of para-hydroxylation sites is 2. The molecule has 0 fully saturated rings. The lowest BCUT2D eigenvalue weighted by Crippen LogP contribution is -2.40. The lowest BCUT2D eigenvalue weighted by molar-refractivity contribution is 0.393. The molecule has 3 aromatic rings. The maximum atomic E-state index is 12.6. The molecule has 0 radical (unpaired) electrons. The van der Waals surface area contributed by atoms with E-state index in [2.05, 4.69) is 23.0 Å². The average molecular weight is 440 g/mol. The second-order valence-electron chi connectivity index (χ2n) is 7.52. The molecule has 0 saturated heterocycles. The van der Waals surface area contributed by atoms with Gasteiger partial charge in [0.1, 0.15) is 0 Å². The normalized spacial score (nSPS) is 14.9. The first-order valence-corrected chi connectivity index (χ1v) is 11.8. The number of aryl methyl sites for hydroxylation is 1. The number of rotatable bonds is 7. The van der Waals surface area contributed by atoms with E-state index < -0.39 is 14.9 Å². The third kappa shape index (κ3) is 3.77. The highest BCUT2D eigenvalue weighted by molar-refractivity contribution is 7.86. The van der Waals surface area contributed by atoms with Crippen LogP contribution in [0.15, 0.2) is 60.9 Å². The topological polar surface area (TPSA) is 92.6 Å². The van der Waals surface area contributed by atoms with Crippen molar-refractivity contribution in [3.8, 4) is 11.5 Å². The molecule has 1 aliphatic heterocycles. The van der Waals surface area contributed by atoms with E-state index >= 15 is 0 Å². The molecule has 7 nitrogen and oxygen atoms in total. The van der Waals surface area contributed by atoms with Crippen LogP contribution in [0.3, 0.4) is 0 Å². The van der Waals surface area contributed by atoms with Crippen molar-refractivity contribution in [3.05, 3.63) is 72.3 Å². The van der Waals surface area contributed by atoms with Gasteiger partial charge >= 0.3 is 0 Å². The van der Waals surface area contributed by atoms with E-state index in [1.807, 2.05) is 41.3 Å². The molecule has 0 aliphatic carbocycles. The van der Waals surface area contributed by atoms with Crippen LogP contribution in [-0.4, -0.2) is 29.5 Å². The van der Waals surface area contributed by atoms with E-state index in [1.54, 1.807) is 13.0 Å². The Morgan fingerprint density at radius 3 is 2.39 bits per heavy atom. The fourth-order valence-corrected chi connectivity index (χ4v) is 5.09. The molecule has 2 aromatic carbocycles. The number of benzene rings is 2. The summed E-state index contributed by atoms with van der Waals surface area (Å²) >= 11 is 0. The Hall–Kier alpha value is -2.97. The Labute approximate surface area is 182 Å². The van der Waals surface area contributed by atoms with Gasteiger partial charge in [-0.05, 0) is 55.2 Å². The number of fused-ring (bicyclic) bond motifs is 2. The Bertz CT molecular complexity index is 1180. The van der Waals surface area contributed by atoms with Crippen molar-refractivity contribution in [2.24, 2.45) is 0 Å². The zero-order chi connectivity index (χ0) is 22.1. The Kier molecular flexibility index (Phi) is 5.68. The Balaban J connectivity index is 1.78. The van der Waals surface area contributed by atoms with Crippen molar-refractivity contribution in [3.63, 3.8) is 0 Å². The molecule has 1 N–H and O–H groups in total. The summed E-state index contributed by atoms with van der Waals surface area (Å²) in [4.78, 5) is 10.4. The van der Waals surface area contributed by atoms with Gasteiger partial charge in [-0.15, -0.1) is 0 Å². The largest absolute Gasteiger partial charge is 0.453 e. The van der Waals surface area contributed by atoms with Crippen LogP contribution in [0.1, 0.15) is 38.1 Å². The van der Waals surface area contributed by atoms with E-state index in [-0.39, 0.29) is 18.7 Å². The minimum absolute atomic E-state index is 0.101. The first-order chi connectivity index (χ1) is 14.9.